The lowest BCUT2D eigenvalue weighted by Crippen LogP contribution is -2.21. The van der Waals surface area contributed by atoms with Gasteiger partial charge in [0, 0.05) is 28.0 Å². The van der Waals surface area contributed by atoms with Crippen LogP contribution in [0.4, 0.5) is 5.69 Å². The third-order valence-corrected chi connectivity index (χ3v) is 5.44. The molecule has 0 radical (unpaired) electrons. The summed E-state index contributed by atoms with van der Waals surface area (Å²) < 4.78 is 10.8. The molecule has 1 heterocycles. The molecule has 7 heteroatoms. The summed E-state index contributed by atoms with van der Waals surface area (Å²) >= 11 is 7.45. The molecule has 1 aliphatic heterocycles. The van der Waals surface area contributed by atoms with E-state index in [9.17, 15) is 9.59 Å². The summed E-state index contributed by atoms with van der Waals surface area (Å²) in [6.07, 6.45) is 2.35. The van der Waals surface area contributed by atoms with Gasteiger partial charge in [0.05, 0.1) is 11.7 Å². The first-order valence-electron chi connectivity index (χ1n) is 8.68. The molecule has 1 atom stereocenters. The molecule has 0 spiro atoms. The zero-order valence-electron chi connectivity index (χ0n) is 14.7. The highest BCUT2D eigenvalue weighted by Gasteiger charge is 2.19. The minimum absolute atomic E-state index is 0.225. The highest BCUT2D eigenvalue weighted by molar-refractivity contribution is 7.99. The third-order valence-electron chi connectivity index (χ3n) is 4.00. The van der Waals surface area contributed by atoms with Crippen molar-refractivity contribution in [3.8, 4) is 0 Å². The Morgan fingerprint density at radius 3 is 2.85 bits per heavy atom. The lowest BCUT2D eigenvalue weighted by Gasteiger charge is -2.12. The van der Waals surface area contributed by atoms with Gasteiger partial charge in [0.25, 0.3) is 5.91 Å². The zero-order valence-corrected chi connectivity index (χ0v) is 16.2. The molecule has 0 unspecified atom stereocenters. The molecule has 1 N–H and O–H groups in total. The predicted octanol–water partition coefficient (Wildman–Crippen LogP) is 4.41. The van der Waals surface area contributed by atoms with E-state index in [0.29, 0.717) is 16.3 Å². The second-order valence-corrected chi connectivity index (χ2v) is 7.58. The first-order chi connectivity index (χ1) is 13.1. The molecule has 0 aromatic heterocycles. The molecule has 0 aliphatic carbocycles. The first-order valence-corrected chi connectivity index (χ1v) is 10.0. The number of hydrogen-bond acceptors (Lipinski definition) is 5. The Bertz CT molecular complexity index is 808. The normalized spacial score (nSPS) is 16.1. The fourth-order valence-corrected chi connectivity index (χ4v) is 3.99. The molecule has 1 amide bonds. The molecular weight excluding hydrogens is 386 g/mol. The van der Waals surface area contributed by atoms with Crippen molar-refractivity contribution in [1.82, 2.24) is 0 Å². The largest absolute Gasteiger partial charge is 0.452 e. The van der Waals surface area contributed by atoms with Gasteiger partial charge in [-0.2, -0.15) is 0 Å². The lowest BCUT2D eigenvalue weighted by atomic mass is 10.2. The number of anilines is 1. The molecule has 2 aromatic carbocycles. The number of thioether (sulfide) groups is 1. The standard InChI is InChI=1S/C20H20ClNO4S/c21-14-5-3-6-15(11-14)22-19(23)12-26-20(24)17-8-1-2-9-18(17)27-13-16-7-4-10-25-16/h1-3,5-6,8-9,11,16H,4,7,10,12-13H2,(H,22,23)/t16-/m0/s1. The molecule has 1 saturated heterocycles. The van der Waals surface area contributed by atoms with E-state index in [1.807, 2.05) is 12.1 Å². The van der Waals surface area contributed by atoms with Crippen LogP contribution in [-0.4, -0.2) is 36.9 Å². The van der Waals surface area contributed by atoms with Crippen molar-refractivity contribution in [3.63, 3.8) is 0 Å². The fourth-order valence-electron chi connectivity index (χ4n) is 2.69. The minimum atomic E-state index is -0.522. The molecular formula is C20H20ClNO4S. The number of rotatable bonds is 7. The Morgan fingerprint density at radius 1 is 1.22 bits per heavy atom. The number of esters is 1. The summed E-state index contributed by atoms with van der Waals surface area (Å²) in [4.78, 5) is 25.2. The lowest BCUT2D eigenvalue weighted by molar-refractivity contribution is -0.119. The van der Waals surface area contributed by atoms with Crippen LogP contribution in [0.5, 0.6) is 0 Å². The number of nitrogens with one attached hydrogen (secondary N) is 1. The maximum atomic E-state index is 12.4. The Balaban J connectivity index is 1.53. The summed E-state index contributed by atoms with van der Waals surface area (Å²) in [5.74, 6) is -0.152. The maximum absolute atomic E-state index is 12.4. The third kappa shape index (κ3) is 5.99. The number of benzene rings is 2. The summed E-state index contributed by atoms with van der Waals surface area (Å²) in [5.41, 5.74) is 1.01. The summed E-state index contributed by atoms with van der Waals surface area (Å²) in [5, 5.41) is 3.16. The molecule has 2 aromatic rings. The van der Waals surface area contributed by atoms with Crippen molar-refractivity contribution in [2.24, 2.45) is 0 Å². The Kier molecular flexibility index (Phi) is 7.15. The average molecular weight is 406 g/mol. The summed E-state index contributed by atoms with van der Waals surface area (Å²) in [7, 11) is 0. The van der Waals surface area contributed by atoms with E-state index in [4.69, 9.17) is 21.1 Å². The zero-order chi connectivity index (χ0) is 19.1. The van der Waals surface area contributed by atoms with E-state index in [2.05, 4.69) is 5.32 Å². The van der Waals surface area contributed by atoms with Gasteiger partial charge in [0.2, 0.25) is 0 Å². The molecule has 5 nitrogen and oxygen atoms in total. The number of halogens is 1. The van der Waals surface area contributed by atoms with E-state index in [0.717, 1.165) is 30.1 Å². The van der Waals surface area contributed by atoms with Gasteiger partial charge in [-0.3, -0.25) is 4.79 Å². The molecule has 3 rings (SSSR count). The van der Waals surface area contributed by atoms with Gasteiger partial charge < -0.3 is 14.8 Å². The van der Waals surface area contributed by atoms with Crippen molar-refractivity contribution >= 4 is 40.9 Å². The van der Waals surface area contributed by atoms with E-state index in [1.165, 1.54) is 0 Å². The van der Waals surface area contributed by atoms with Gasteiger partial charge >= 0.3 is 5.97 Å². The Labute approximate surface area is 167 Å². The van der Waals surface area contributed by atoms with Crippen molar-refractivity contribution in [3.05, 3.63) is 59.1 Å². The van der Waals surface area contributed by atoms with Crippen molar-refractivity contribution in [2.75, 3.05) is 24.3 Å². The topological polar surface area (TPSA) is 64.6 Å². The molecule has 142 valence electrons. The van der Waals surface area contributed by atoms with Crippen LogP contribution in [-0.2, 0) is 14.3 Å². The van der Waals surface area contributed by atoms with Gasteiger partial charge in [-0.1, -0.05) is 29.8 Å². The van der Waals surface area contributed by atoms with E-state index < -0.39 is 11.9 Å². The van der Waals surface area contributed by atoms with Crippen LogP contribution in [0, 0.1) is 0 Å². The monoisotopic (exact) mass is 405 g/mol. The van der Waals surface area contributed by atoms with Crippen LogP contribution in [0.15, 0.2) is 53.4 Å². The van der Waals surface area contributed by atoms with Crippen LogP contribution in [0.2, 0.25) is 5.02 Å². The molecule has 27 heavy (non-hydrogen) atoms. The highest BCUT2D eigenvalue weighted by Crippen LogP contribution is 2.27. The Hall–Kier alpha value is -2.02. The molecule has 1 aliphatic rings. The molecule has 1 fully saturated rings. The summed E-state index contributed by atoms with van der Waals surface area (Å²) in [6.45, 7) is 0.437. The minimum Gasteiger partial charge on any atom is -0.452 e. The first kappa shape index (κ1) is 19.7. The highest BCUT2D eigenvalue weighted by atomic mass is 35.5. The molecule has 0 bridgehead atoms. The van der Waals surface area contributed by atoms with Gasteiger partial charge in [0.1, 0.15) is 0 Å². The molecule has 0 saturated carbocycles. The summed E-state index contributed by atoms with van der Waals surface area (Å²) in [6, 6.07) is 14.0. The van der Waals surface area contributed by atoms with Gasteiger partial charge in [-0.05, 0) is 43.2 Å². The van der Waals surface area contributed by atoms with Crippen LogP contribution in [0.25, 0.3) is 0 Å². The maximum Gasteiger partial charge on any atom is 0.339 e. The van der Waals surface area contributed by atoms with Gasteiger partial charge in [0.15, 0.2) is 6.61 Å². The second-order valence-electron chi connectivity index (χ2n) is 6.08. The number of ether oxygens (including phenoxy) is 2. The van der Waals surface area contributed by atoms with Crippen molar-refractivity contribution in [2.45, 2.75) is 23.8 Å². The average Bonchev–Trinajstić information content (AvgIpc) is 3.18. The van der Waals surface area contributed by atoms with Crippen LogP contribution in [0.1, 0.15) is 23.2 Å². The number of amides is 1. The quantitative estimate of drug-likeness (QED) is 0.546. The van der Waals surface area contributed by atoms with E-state index in [1.54, 1.807) is 48.2 Å². The van der Waals surface area contributed by atoms with Gasteiger partial charge in [-0.15, -0.1) is 11.8 Å². The predicted molar refractivity (Wildman–Crippen MR) is 107 cm³/mol. The SMILES string of the molecule is O=C(COC(=O)c1ccccc1SC[C@@H]1CCCO1)Nc1cccc(Cl)c1. The van der Waals surface area contributed by atoms with Crippen molar-refractivity contribution < 1.29 is 19.1 Å². The second kappa shape index (κ2) is 9.78. The number of carbonyl (C=O) groups is 2. The van der Waals surface area contributed by atoms with Gasteiger partial charge in [-0.25, -0.2) is 4.79 Å². The van der Waals surface area contributed by atoms with Crippen LogP contribution < -0.4 is 5.32 Å². The van der Waals surface area contributed by atoms with Crippen molar-refractivity contribution in [1.29, 1.82) is 0 Å². The fraction of sp³-hybridized carbons (Fsp3) is 0.300. The Morgan fingerprint density at radius 2 is 2.07 bits per heavy atom. The van der Waals surface area contributed by atoms with E-state index >= 15 is 0 Å². The number of carbonyl (C=O) groups excluding carboxylic acids is 2. The van der Waals surface area contributed by atoms with E-state index in [-0.39, 0.29) is 12.7 Å². The van der Waals surface area contributed by atoms with Crippen LogP contribution >= 0.6 is 23.4 Å². The smallest absolute Gasteiger partial charge is 0.339 e. The number of hydrogen-bond donors (Lipinski definition) is 1. The van der Waals surface area contributed by atoms with Crippen LogP contribution in [0.3, 0.4) is 0 Å².